The van der Waals surface area contributed by atoms with Crippen molar-refractivity contribution < 1.29 is 4.74 Å². The van der Waals surface area contributed by atoms with Gasteiger partial charge in [-0.1, -0.05) is 0 Å². The Kier molecular flexibility index (Phi) is 4.82. The average molecular weight is 239 g/mol. The van der Waals surface area contributed by atoms with Crippen molar-refractivity contribution in [2.75, 3.05) is 20.3 Å². The van der Waals surface area contributed by atoms with Crippen LogP contribution in [-0.4, -0.2) is 26.3 Å². The molecule has 0 bridgehead atoms. The summed E-state index contributed by atoms with van der Waals surface area (Å²) in [6.45, 7) is 1.93. The van der Waals surface area contributed by atoms with Crippen LogP contribution in [0.2, 0.25) is 0 Å². The van der Waals surface area contributed by atoms with Crippen LogP contribution in [0.1, 0.15) is 24.8 Å². The van der Waals surface area contributed by atoms with Gasteiger partial charge in [0.1, 0.15) is 0 Å². The van der Waals surface area contributed by atoms with Crippen LogP contribution >= 0.6 is 11.3 Å². The first-order valence-corrected chi connectivity index (χ1v) is 7.09. The number of hydrogen-bond acceptors (Lipinski definition) is 3. The Morgan fingerprint density at radius 1 is 1.62 bits per heavy atom. The molecule has 1 aliphatic heterocycles. The minimum Gasteiger partial charge on any atom is -0.381 e. The topological polar surface area (TPSA) is 21.3 Å². The number of aryl methyl sites for hydroxylation is 1. The van der Waals surface area contributed by atoms with Crippen LogP contribution in [0.15, 0.2) is 16.8 Å². The zero-order valence-electron chi connectivity index (χ0n) is 9.95. The van der Waals surface area contributed by atoms with Gasteiger partial charge in [-0.25, -0.2) is 0 Å². The Morgan fingerprint density at radius 3 is 3.19 bits per heavy atom. The molecule has 1 aromatic heterocycles. The molecule has 90 valence electrons. The number of thiophene rings is 1. The van der Waals surface area contributed by atoms with Crippen LogP contribution in [0.3, 0.4) is 0 Å². The van der Waals surface area contributed by atoms with E-state index >= 15 is 0 Å². The molecule has 1 saturated heterocycles. The number of ether oxygens (including phenoxy) is 1. The highest BCUT2D eigenvalue weighted by Crippen LogP contribution is 2.20. The summed E-state index contributed by atoms with van der Waals surface area (Å²) in [5, 5.41) is 7.86. The molecule has 2 rings (SSSR count). The van der Waals surface area contributed by atoms with Crippen LogP contribution in [0.25, 0.3) is 0 Å². The van der Waals surface area contributed by atoms with E-state index in [2.05, 4.69) is 29.2 Å². The Balaban J connectivity index is 1.72. The fourth-order valence-electron chi connectivity index (χ4n) is 2.33. The molecule has 1 fully saturated rings. The van der Waals surface area contributed by atoms with Gasteiger partial charge in [0.05, 0.1) is 0 Å². The van der Waals surface area contributed by atoms with Gasteiger partial charge >= 0.3 is 0 Å². The summed E-state index contributed by atoms with van der Waals surface area (Å²) in [6.07, 6.45) is 4.95. The first-order valence-electron chi connectivity index (χ1n) is 6.14. The predicted octanol–water partition coefficient (Wildman–Crippen LogP) is 2.70. The summed E-state index contributed by atoms with van der Waals surface area (Å²) in [4.78, 5) is 0. The van der Waals surface area contributed by atoms with Crippen molar-refractivity contribution in [1.82, 2.24) is 5.32 Å². The molecular formula is C13H21NOS. The van der Waals surface area contributed by atoms with E-state index in [-0.39, 0.29) is 0 Å². The van der Waals surface area contributed by atoms with E-state index in [1.54, 1.807) is 11.3 Å². The second-order valence-electron chi connectivity index (χ2n) is 4.62. The average Bonchev–Trinajstić information content (AvgIpc) is 2.97. The van der Waals surface area contributed by atoms with Crippen molar-refractivity contribution in [1.29, 1.82) is 0 Å². The normalized spacial score (nSPS) is 22.4. The van der Waals surface area contributed by atoms with Crippen molar-refractivity contribution in [2.45, 2.75) is 31.7 Å². The van der Waals surface area contributed by atoms with Crippen LogP contribution in [-0.2, 0) is 11.2 Å². The van der Waals surface area contributed by atoms with E-state index in [4.69, 9.17) is 4.74 Å². The molecule has 2 nitrogen and oxygen atoms in total. The van der Waals surface area contributed by atoms with Gasteiger partial charge in [-0.15, -0.1) is 0 Å². The van der Waals surface area contributed by atoms with Gasteiger partial charge in [-0.2, -0.15) is 11.3 Å². The van der Waals surface area contributed by atoms with E-state index in [0.717, 1.165) is 19.1 Å². The van der Waals surface area contributed by atoms with E-state index in [0.29, 0.717) is 6.04 Å². The molecule has 2 atom stereocenters. The molecule has 0 spiro atoms. The zero-order chi connectivity index (χ0) is 11.2. The van der Waals surface area contributed by atoms with Crippen molar-refractivity contribution in [3.05, 3.63) is 22.4 Å². The Morgan fingerprint density at radius 2 is 2.56 bits per heavy atom. The number of nitrogens with one attached hydrogen (secondary N) is 1. The highest BCUT2D eigenvalue weighted by atomic mass is 32.1. The second-order valence-corrected chi connectivity index (χ2v) is 5.40. The predicted molar refractivity (Wildman–Crippen MR) is 69.0 cm³/mol. The first kappa shape index (κ1) is 12.1. The molecule has 1 aromatic rings. The van der Waals surface area contributed by atoms with Crippen LogP contribution in [0, 0.1) is 5.92 Å². The molecule has 16 heavy (non-hydrogen) atoms. The maximum atomic E-state index is 5.43. The fraction of sp³-hybridized carbons (Fsp3) is 0.692. The Labute approximate surface area is 102 Å². The maximum Gasteiger partial charge on any atom is 0.0495 e. The lowest BCUT2D eigenvalue weighted by Crippen LogP contribution is -2.28. The van der Waals surface area contributed by atoms with E-state index in [9.17, 15) is 0 Å². The van der Waals surface area contributed by atoms with Gasteiger partial charge < -0.3 is 10.1 Å². The molecule has 0 amide bonds. The molecule has 1 aliphatic rings. The lowest BCUT2D eigenvalue weighted by atomic mass is 9.95. The lowest BCUT2D eigenvalue weighted by molar-refractivity contribution is 0.181. The fourth-order valence-corrected chi connectivity index (χ4v) is 3.03. The van der Waals surface area contributed by atoms with Crippen LogP contribution < -0.4 is 5.32 Å². The Hall–Kier alpha value is -0.380. The smallest absolute Gasteiger partial charge is 0.0495 e. The zero-order valence-corrected chi connectivity index (χ0v) is 10.8. The molecule has 0 radical (unpaired) electrons. The molecule has 0 aliphatic carbocycles. The summed E-state index contributed by atoms with van der Waals surface area (Å²) in [6, 6.07) is 2.88. The Bertz CT molecular complexity index is 280. The molecule has 3 heteroatoms. The highest BCUT2D eigenvalue weighted by molar-refractivity contribution is 7.07. The molecular weight excluding hydrogens is 218 g/mol. The van der Waals surface area contributed by atoms with Crippen molar-refractivity contribution in [3.63, 3.8) is 0 Å². The van der Waals surface area contributed by atoms with Gasteiger partial charge in [0.15, 0.2) is 0 Å². The van der Waals surface area contributed by atoms with Crippen LogP contribution in [0.4, 0.5) is 0 Å². The highest BCUT2D eigenvalue weighted by Gasteiger charge is 2.19. The van der Waals surface area contributed by atoms with Crippen molar-refractivity contribution in [2.24, 2.45) is 5.92 Å². The summed E-state index contributed by atoms with van der Waals surface area (Å²) in [5.41, 5.74) is 1.48. The third-order valence-corrected chi connectivity index (χ3v) is 4.14. The van der Waals surface area contributed by atoms with Gasteiger partial charge in [0.25, 0.3) is 0 Å². The van der Waals surface area contributed by atoms with Gasteiger partial charge in [0.2, 0.25) is 0 Å². The standard InChI is InChI=1S/C13H21NOS/c1-14-13(8-12-4-6-15-9-12)3-2-11-5-7-16-10-11/h5,7,10,12-14H,2-4,6,8-9H2,1H3. The van der Waals surface area contributed by atoms with Crippen LogP contribution in [0.5, 0.6) is 0 Å². The molecule has 2 unspecified atom stereocenters. The van der Waals surface area contributed by atoms with E-state index < -0.39 is 0 Å². The minimum absolute atomic E-state index is 0.645. The van der Waals surface area contributed by atoms with E-state index in [1.807, 2.05) is 0 Å². The van der Waals surface area contributed by atoms with Crippen molar-refractivity contribution >= 4 is 11.3 Å². The molecule has 0 saturated carbocycles. The summed E-state index contributed by atoms with van der Waals surface area (Å²) < 4.78 is 5.43. The molecule has 2 heterocycles. The SMILES string of the molecule is CNC(CCc1ccsc1)CC1CCOC1. The quantitative estimate of drug-likeness (QED) is 0.824. The minimum atomic E-state index is 0.645. The van der Waals surface area contributed by atoms with Gasteiger partial charge in [-0.05, 0) is 61.0 Å². The lowest BCUT2D eigenvalue weighted by Gasteiger charge is -2.18. The van der Waals surface area contributed by atoms with Gasteiger partial charge in [0, 0.05) is 19.3 Å². The summed E-state index contributed by atoms with van der Waals surface area (Å²) >= 11 is 1.79. The third-order valence-electron chi connectivity index (χ3n) is 3.41. The van der Waals surface area contributed by atoms with E-state index in [1.165, 1.54) is 31.2 Å². The number of hydrogen-bond donors (Lipinski definition) is 1. The molecule has 1 N–H and O–H groups in total. The maximum absolute atomic E-state index is 5.43. The van der Waals surface area contributed by atoms with Crippen molar-refractivity contribution in [3.8, 4) is 0 Å². The monoisotopic (exact) mass is 239 g/mol. The number of rotatable bonds is 6. The van der Waals surface area contributed by atoms with Gasteiger partial charge in [-0.3, -0.25) is 0 Å². The third kappa shape index (κ3) is 3.58. The first-order chi connectivity index (χ1) is 7.88. The summed E-state index contributed by atoms with van der Waals surface area (Å²) in [7, 11) is 2.08. The molecule has 0 aromatic carbocycles. The largest absolute Gasteiger partial charge is 0.381 e. The second kappa shape index (κ2) is 6.38. The summed E-state index contributed by atoms with van der Waals surface area (Å²) in [5.74, 6) is 0.778.